The zero-order chi connectivity index (χ0) is 22.7. The van der Waals surface area contributed by atoms with Gasteiger partial charge in [-0.2, -0.15) is 0 Å². The van der Waals surface area contributed by atoms with Crippen LogP contribution in [-0.2, 0) is 11.2 Å². The molecule has 0 radical (unpaired) electrons. The lowest BCUT2D eigenvalue weighted by Crippen LogP contribution is -2.25. The molecule has 0 fully saturated rings. The molecule has 0 aliphatic carbocycles. The lowest BCUT2D eigenvalue weighted by molar-refractivity contribution is 0.0757. The third-order valence-electron chi connectivity index (χ3n) is 5.40. The number of thiophene rings is 1. The zero-order valence-corrected chi connectivity index (χ0v) is 20.1. The number of aromatic nitrogens is 1. The second-order valence-electron chi connectivity index (χ2n) is 8.05. The number of amides is 1. The van der Waals surface area contributed by atoms with Gasteiger partial charge in [0.2, 0.25) is 0 Å². The molecule has 4 rings (SSSR count). The first-order valence-electron chi connectivity index (χ1n) is 11.0. The largest absolute Gasteiger partial charge is 0.379 e. The molecule has 2 aromatic heterocycles. The van der Waals surface area contributed by atoms with E-state index in [4.69, 9.17) is 16.3 Å². The maximum absolute atomic E-state index is 13.2. The van der Waals surface area contributed by atoms with Gasteiger partial charge in [0.15, 0.2) is 0 Å². The molecule has 0 bridgehead atoms. The minimum atomic E-state index is -0.0690. The maximum Gasteiger partial charge on any atom is 0.262 e. The van der Waals surface area contributed by atoms with Crippen molar-refractivity contribution < 1.29 is 9.53 Å². The molecular weight excluding hydrogens is 440 g/mol. The summed E-state index contributed by atoms with van der Waals surface area (Å²) in [5.41, 5.74) is 4.08. The van der Waals surface area contributed by atoms with Gasteiger partial charge in [-0.1, -0.05) is 42.8 Å². The third-order valence-corrected chi connectivity index (χ3v) is 6.87. The molecule has 1 amide bonds. The lowest BCUT2D eigenvalue weighted by atomic mass is 9.99. The number of nitrogens with zero attached hydrogens (tertiary/aromatic N) is 1. The molecule has 0 unspecified atom stereocenters. The highest BCUT2D eigenvalue weighted by Gasteiger charge is 2.21. The van der Waals surface area contributed by atoms with Gasteiger partial charge in [0, 0.05) is 45.4 Å². The van der Waals surface area contributed by atoms with E-state index in [9.17, 15) is 4.79 Å². The zero-order valence-electron chi connectivity index (χ0n) is 18.6. The Kier molecular flexibility index (Phi) is 7.09. The van der Waals surface area contributed by atoms with E-state index in [0.717, 1.165) is 45.0 Å². The number of aryl methyl sites for hydroxylation is 1. The molecule has 0 saturated heterocycles. The molecule has 0 aliphatic heterocycles. The summed E-state index contributed by atoms with van der Waals surface area (Å²) < 4.78 is 6.61. The summed E-state index contributed by atoms with van der Waals surface area (Å²) in [5, 5.41) is 5.67. The van der Waals surface area contributed by atoms with Crippen molar-refractivity contribution in [2.45, 2.75) is 39.7 Å². The molecule has 0 aliphatic rings. The molecule has 4 aromatic rings. The second-order valence-corrected chi connectivity index (χ2v) is 9.51. The minimum absolute atomic E-state index is 0.0690. The number of nitrogens with one attached hydrogen (secondary N) is 1. The fourth-order valence-corrected chi connectivity index (χ4v) is 5.14. The molecule has 166 valence electrons. The van der Waals surface area contributed by atoms with E-state index in [2.05, 4.69) is 41.5 Å². The van der Waals surface area contributed by atoms with Crippen LogP contribution in [0.3, 0.4) is 0 Å². The average molecular weight is 467 g/mol. The Bertz CT molecular complexity index is 1250. The Balaban J connectivity index is 1.76. The molecule has 32 heavy (non-hydrogen) atoms. The predicted octanol–water partition coefficient (Wildman–Crippen LogP) is 6.88. The van der Waals surface area contributed by atoms with E-state index in [1.165, 1.54) is 16.9 Å². The van der Waals surface area contributed by atoms with Gasteiger partial charge in [0.05, 0.1) is 11.6 Å². The fraction of sp³-hybridized carbons (Fsp3) is 0.308. The molecular formula is C26H27ClN2O2S. The minimum Gasteiger partial charge on any atom is -0.379 e. The first-order chi connectivity index (χ1) is 15.5. The Labute approximate surface area is 197 Å². The van der Waals surface area contributed by atoms with Gasteiger partial charge in [-0.25, -0.2) is 0 Å². The first kappa shape index (κ1) is 22.7. The van der Waals surface area contributed by atoms with Gasteiger partial charge in [-0.05, 0) is 56.0 Å². The van der Waals surface area contributed by atoms with Crippen molar-refractivity contribution in [1.29, 1.82) is 0 Å². The second kappa shape index (κ2) is 9.99. The molecule has 0 atom stereocenters. The Hall–Kier alpha value is -2.47. The first-order valence-corrected chi connectivity index (χ1v) is 12.2. The summed E-state index contributed by atoms with van der Waals surface area (Å²) in [6.07, 6.45) is 3.81. The highest BCUT2D eigenvalue weighted by molar-refractivity contribution is 7.22. The van der Waals surface area contributed by atoms with Gasteiger partial charge in [0.1, 0.15) is 4.88 Å². The Morgan fingerprint density at radius 1 is 1.16 bits per heavy atom. The summed E-state index contributed by atoms with van der Waals surface area (Å²) >= 11 is 7.79. The molecule has 2 aromatic carbocycles. The number of hydrogen-bond acceptors (Lipinski definition) is 4. The Morgan fingerprint density at radius 3 is 2.66 bits per heavy atom. The maximum atomic E-state index is 13.2. The number of hydrogen-bond donors (Lipinski definition) is 1. The summed E-state index contributed by atoms with van der Waals surface area (Å²) in [6.45, 7) is 7.35. The van der Waals surface area contributed by atoms with Crippen molar-refractivity contribution in [1.82, 2.24) is 10.3 Å². The summed E-state index contributed by atoms with van der Waals surface area (Å²) in [4.78, 5) is 18.6. The molecule has 0 saturated carbocycles. The predicted molar refractivity (Wildman–Crippen MR) is 135 cm³/mol. The van der Waals surface area contributed by atoms with E-state index >= 15 is 0 Å². The van der Waals surface area contributed by atoms with Gasteiger partial charge < -0.3 is 10.1 Å². The van der Waals surface area contributed by atoms with Crippen molar-refractivity contribution >= 4 is 49.8 Å². The number of benzene rings is 2. The van der Waals surface area contributed by atoms with Crippen molar-refractivity contribution in [3.8, 4) is 11.1 Å². The van der Waals surface area contributed by atoms with Crippen LogP contribution in [0.15, 0.2) is 48.7 Å². The van der Waals surface area contributed by atoms with Crippen molar-refractivity contribution in [3.05, 3.63) is 64.1 Å². The molecule has 1 N–H and O–H groups in total. The molecule has 6 heteroatoms. The van der Waals surface area contributed by atoms with E-state index in [1.54, 1.807) is 0 Å². The molecule has 4 nitrogen and oxygen atoms in total. The third kappa shape index (κ3) is 4.80. The number of pyridine rings is 1. The fourth-order valence-electron chi connectivity index (χ4n) is 3.73. The van der Waals surface area contributed by atoms with Crippen molar-refractivity contribution in [2.24, 2.45) is 0 Å². The smallest absolute Gasteiger partial charge is 0.262 e. The van der Waals surface area contributed by atoms with Crippen LogP contribution in [-0.4, -0.2) is 30.1 Å². The number of carbonyl (C=O) groups excluding carboxylic acids is 1. The van der Waals surface area contributed by atoms with Crippen molar-refractivity contribution in [3.63, 3.8) is 0 Å². The van der Waals surface area contributed by atoms with Crippen LogP contribution in [0.25, 0.3) is 32.1 Å². The number of carbonyl (C=O) groups is 1. The number of ether oxygens (including phenoxy) is 1. The summed E-state index contributed by atoms with van der Waals surface area (Å²) in [5.74, 6) is -0.0690. The number of halogens is 1. The number of rotatable bonds is 8. The highest BCUT2D eigenvalue weighted by Crippen LogP contribution is 2.42. The van der Waals surface area contributed by atoms with Crippen LogP contribution in [0.1, 0.15) is 42.4 Å². The van der Waals surface area contributed by atoms with E-state index < -0.39 is 0 Å². The van der Waals surface area contributed by atoms with Gasteiger partial charge in [0.25, 0.3) is 5.91 Å². The van der Waals surface area contributed by atoms with Crippen LogP contribution >= 0.6 is 22.9 Å². The van der Waals surface area contributed by atoms with Crippen LogP contribution in [0, 0.1) is 0 Å². The van der Waals surface area contributed by atoms with Crippen LogP contribution in [0.2, 0.25) is 5.02 Å². The number of fused-ring (bicyclic) bond motifs is 3. The van der Waals surface area contributed by atoms with E-state index in [0.29, 0.717) is 23.1 Å². The standard InChI is InChI=1S/C26H27ClN2O2S/c1-4-17-6-8-18(9-7-17)23-21-15-29-22-11-10-19(27)14-20(22)24(21)32-25(23)26(30)28-12-5-13-31-16(2)3/h6-11,14-16H,4-5,12-13H2,1-3H3,(H,28,30). The SMILES string of the molecule is CCc1ccc(-c2c(C(=O)NCCCOC(C)C)sc3c2cnc2ccc(Cl)cc23)cc1. The monoisotopic (exact) mass is 466 g/mol. The topological polar surface area (TPSA) is 51.2 Å². The normalized spacial score (nSPS) is 11.5. The van der Waals surface area contributed by atoms with Gasteiger partial charge in [-0.15, -0.1) is 11.3 Å². The van der Waals surface area contributed by atoms with Crippen LogP contribution < -0.4 is 5.32 Å². The van der Waals surface area contributed by atoms with Gasteiger partial charge >= 0.3 is 0 Å². The van der Waals surface area contributed by atoms with Crippen molar-refractivity contribution in [2.75, 3.05) is 13.2 Å². The summed E-state index contributed by atoms with van der Waals surface area (Å²) in [6, 6.07) is 14.1. The van der Waals surface area contributed by atoms with Crippen LogP contribution in [0.4, 0.5) is 0 Å². The highest BCUT2D eigenvalue weighted by atomic mass is 35.5. The van der Waals surface area contributed by atoms with E-state index in [-0.39, 0.29) is 12.0 Å². The van der Waals surface area contributed by atoms with Gasteiger partial charge in [-0.3, -0.25) is 9.78 Å². The Morgan fingerprint density at radius 2 is 1.94 bits per heavy atom. The van der Waals surface area contributed by atoms with Crippen LogP contribution in [0.5, 0.6) is 0 Å². The summed E-state index contributed by atoms with van der Waals surface area (Å²) in [7, 11) is 0. The van der Waals surface area contributed by atoms with E-state index in [1.807, 2.05) is 38.2 Å². The quantitative estimate of drug-likeness (QED) is 0.288. The molecule has 2 heterocycles. The average Bonchev–Trinajstić information content (AvgIpc) is 3.19. The molecule has 0 spiro atoms. The lowest BCUT2D eigenvalue weighted by Gasteiger charge is -2.09.